The summed E-state index contributed by atoms with van der Waals surface area (Å²) in [6.45, 7) is 0. The van der Waals surface area contributed by atoms with Crippen LogP contribution in [0, 0.1) is 0 Å². The molecule has 7 heteroatoms. The van der Waals surface area contributed by atoms with Gasteiger partial charge in [-0.25, -0.2) is 0 Å². The van der Waals surface area contributed by atoms with E-state index in [-0.39, 0.29) is 0 Å². The molecule has 1 aromatic heterocycles. The van der Waals surface area contributed by atoms with E-state index in [4.69, 9.17) is 30.3 Å². The Hall–Kier alpha value is -2.73. The molecule has 24 heavy (non-hydrogen) atoms. The van der Waals surface area contributed by atoms with Gasteiger partial charge in [-0.3, -0.25) is 0 Å². The average molecular weight is 347 g/mol. The highest BCUT2D eigenvalue weighted by molar-refractivity contribution is 6.30. The second kappa shape index (κ2) is 6.80. The average Bonchev–Trinajstić information content (AvgIpc) is 3.11. The minimum Gasteiger partial charge on any atom is -0.493 e. The summed E-state index contributed by atoms with van der Waals surface area (Å²) >= 11 is 5.89. The molecule has 3 rings (SSSR count). The van der Waals surface area contributed by atoms with Gasteiger partial charge in [0.2, 0.25) is 11.6 Å². The SMILES string of the molecule is COc1cc(-c2noc(-c3ccc(Cl)cc3)n2)cc(OC)c1OC. The summed E-state index contributed by atoms with van der Waals surface area (Å²) in [6, 6.07) is 10.7. The van der Waals surface area contributed by atoms with Crippen LogP contribution in [0.1, 0.15) is 0 Å². The quantitative estimate of drug-likeness (QED) is 0.693. The molecule has 0 radical (unpaired) electrons. The fourth-order valence-electron chi connectivity index (χ4n) is 2.26. The highest BCUT2D eigenvalue weighted by atomic mass is 35.5. The van der Waals surface area contributed by atoms with Crippen molar-refractivity contribution in [3.8, 4) is 40.1 Å². The number of hydrogen-bond acceptors (Lipinski definition) is 6. The smallest absolute Gasteiger partial charge is 0.258 e. The molecule has 0 fully saturated rings. The number of hydrogen-bond donors (Lipinski definition) is 0. The van der Waals surface area contributed by atoms with E-state index < -0.39 is 0 Å². The van der Waals surface area contributed by atoms with E-state index in [2.05, 4.69) is 10.1 Å². The topological polar surface area (TPSA) is 66.6 Å². The third-order valence-corrected chi connectivity index (χ3v) is 3.69. The molecule has 0 bridgehead atoms. The Morgan fingerprint density at radius 3 is 2.04 bits per heavy atom. The van der Waals surface area contributed by atoms with Crippen molar-refractivity contribution in [3.63, 3.8) is 0 Å². The van der Waals surface area contributed by atoms with Crippen LogP contribution in [-0.4, -0.2) is 31.5 Å². The largest absolute Gasteiger partial charge is 0.493 e. The van der Waals surface area contributed by atoms with Gasteiger partial charge in [-0.1, -0.05) is 16.8 Å². The third kappa shape index (κ3) is 3.00. The number of halogens is 1. The van der Waals surface area contributed by atoms with Crippen molar-refractivity contribution in [1.29, 1.82) is 0 Å². The lowest BCUT2D eigenvalue weighted by atomic mass is 10.1. The molecule has 3 aromatic rings. The maximum Gasteiger partial charge on any atom is 0.258 e. The summed E-state index contributed by atoms with van der Waals surface area (Å²) in [6.07, 6.45) is 0. The van der Waals surface area contributed by atoms with Crippen LogP contribution in [-0.2, 0) is 0 Å². The monoisotopic (exact) mass is 346 g/mol. The predicted molar refractivity (Wildman–Crippen MR) is 89.8 cm³/mol. The zero-order valence-corrected chi connectivity index (χ0v) is 14.1. The number of methoxy groups -OCH3 is 3. The summed E-state index contributed by atoms with van der Waals surface area (Å²) in [5, 5.41) is 4.66. The molecule has 1 heterocycles. The first-order valence-corrected chi connectivity index (χ1v) is 7.44. The van der Waals surface area contributed by atoms with Crippen molar-refractivity contribution in [2.45, 2.75) is 0 Å². The van der Waals surface area contributed by atoms with Gasteiger partial charge in [0, 0.05) is 16.1 Å². The van der Waals surface area contributed by atoms with Crippen LogP contribution in [0.3, 0.4) is 0 Å². The molecule has 0 aliphatic rings. The molecule has 0 unspecified atom stereocenters. The highest BCUT2D eigenvalue weighted by Gasteiger charge is 2.17. The lowest BCUT2D eigenvalue weighted by Crippen LogP contribution is -1.96. The molecule has 0 saturated heterocycles. The van der Waals surface area contributed by atoms with Gasteiger partial charge in [0.1, 0.15) is 0 Å². The molecule has 0 aliphatic carbocycles. The van der Waals surface area contributed by atoms with E-state index in [0.717, 1.165) is 5.56 Å². The van der Waals surface area contributed by atoms with E-state index >= 15 is 0 Å². The zero-order chi connectivity index (χ0) is 17.1. The summed E-state index contributed by atoms with van der Waals surface area (Å²) in [4.78, 5) is 4.41. The molecule has 0 amide bonds. The predicted octanol–water partition coefficient (Wildman–Crippen LogP) is 4.08. The van der Waals surface area contributed by atoms with Crippen LogP contribution < -0.4 is 14.2 Å². The Morgan fingerprint density at radius 2 is 1.50 bits per heavy atom. The zero-order valence-electron chi connectivity index (χ0n) is 13.4. The Kier molecular flexibility index (Phi) is 4.57. The number of aromatic nitrogens is 2. The van der Waals surface area contributed by atoms with Crippen LogP contribution in [0.2, 0.25) is 5.02 Å². The summed E-state index contributed by atoms with van der Waals surface area (Å²) in [5.74, 6) is 2.36. The van der Waals surface area contributed by atoms with Crippen LogP contribution in [0.4, 0.5) is 0 Å². The molecular weight excluding hydrogens is 332 g/mol. The van der Waals surface area contributed by atoms with Gasteiger partial charge < -0.3 is 18.7 Å². The van der Waals surface area contributed by atoms with Crippen molar-refractivity contribution in [2.24, 2.45) is 0 Å². The molecule has 0 N–H and O–H groups in total. The van der Waals surface area contributed by atoms with E-state index in [1.54, 1.807) is 45.6 Å². The first-order valence-electron chi connectivity index (χ1n) is 7.06. The van der Waals surface area contributed by atoms with Crippen LogP contribution >= 0.6 is 11.6 Å². The molecule has 0 atom stereocenters. The van der Waals surface area contributed by atoms with E-state index in [1.807, 2.05) is 12.1 Å². The Balaban J connectivity index is 2.02. The maximum atomic E-state index is 5.89. The van der Waals surface area contributed by atoms with E-state index in [0.29, 0.717) is 39.5 Å². The van der Waals surface area contributed by atoms with E-state index in [1.165, 1.54) is 0 Å². The summed E-state index contributed by atoms with van der Waals surface area (Å²) in [5.41, 5.74) is 1.47. The number of rotatable bonds is 5. The fourth-order valence-corrected chi connectivity index (χ4v) is 2.39. The Morgan fingerprint density at radius 1 is 0.875 bits per heavy atom. The minimum atomic E-state index is 0.399. The fraction of sp³-hybridized carbons (Fsp3) is 0.176. The molecule has 124 valence electrons. The summed E-state index contributed by atoms with van der Waals surface area (Å²) < 4.78 is 21.3. The van der Waals surface area contributed by atoms with Crippen LogP contribution in [0.5, 0.6) is 17.2 Å². The molecule has 0 aliphatic heterocycles. The lowest BCUT2D eigenvalue weighted by molar-refractivity contribution is 0.324. The van der Waals surface area contributed by atoms with Crippen LogP contribution in [0.15, 0.2) is 40.9 Å². The van der Waals surface area contributed by atoms with E-state index in [9.17, 15) is 0 Å². The first kappa shape index (κ1) is 16.1. The molecule has 2 aromatic carbocycles. The second-order valence-corrected chi connectivity index (χ2v) is 5.28. The first-order chi connectivity index (χ1) is 11.7. The number of ether oxygens (including phenoxy) is 3. The summed E-state index contributed by atoms with van der Waals surface area (Å²) in [7, 11) is 4.65. The molecule has 6 nitrogen and oxygen atoms in total. The number of benzene rings is 2. The van der Waals surface area contributed by atoms with Gasteiger partial charge in [0.25, 0.3) is 5.89 Å². The van der Waals surface area contributed by atoms with Crippen LogP contribution in [0.25, 0.3) is 22.8 Å². The van der Waals surface area contributed by atoms with Crippen molar-refractivity contribution in [1.82, 2.24) is 10.1 Å². The van der Waals surface area contributed by atoms with Crippen molar-refractivity contribution >= 4 is 11.6 Å². The standard InChI is InChI=1S/C17H15ClN2O4/c1-21-13-8-11(9-14(22-2)15(13)23-3)16-19-17(24-20-16)10-4-6-12(18)7-5-10/h4-9H,1-3H3. The minimum absolute atomic E-state index is 0.399. The third-order valence-electron chi connectivity index (χ3n) is 3.44. The Bertz CT molecular complexity index is 821. The van der Waals surface area contributed by atoms with Gasteiger partial charge in [-0.15, -0.1) is 0 Å². The van der Waals surface area contributed by atoms with Crippen molar-refractivity contribution in [3.05, 3.63) is 41.4 Å². The van der Waals surface area contributed by atoms with Gasteiger partial charge in [0.05, 0.1) is 21.3 Å². The lowest BCUT2D eigenvalue weighted by Gasteiger charge is -2.12. The molecule has 0 saturated carbocycles. The van der Waals surface area contributed by atoms with Crippen molar-refractivity contribution in [2.75, 3.05) is 21.3 Å². The van der Waals surface area contributed by atoms with Gasteiger partial charge in [0.15, 0.2) is 11.5 Å². The van der Waals surface area contributed by atoms with Gasteiger partial charge >= 0.3 is 0 Å². The molecule has 0 spiro atoms. The highest BCUT2D eigenvalue weighted by Crippen LogP contribution is 2.40. The van der Waals surface area contributed by atoms with Crippen molar-refractivity contribution < 1.29 is 18.7 Å². The second-order valence-electron chi connectivity index (χ2n) is 4.84. The van der Waals surface area contributed by atoms with Gasteiger partial charge in [-0.05, 0) is 36.4 Å². The van der Waals surface area contributed by atoms with Gasteiger partial charge in [-0.2, -0.15) is 4.98 Å². The maximum absolute atomic E-state index is 5.89. The number of nitrogens with zero attached hydrogens (tertiary/aromatic N) is 2. The Labute approximate surface area is 143 Å². The molecular formula is C17H15ClN2O4. The normalized spacial score (nSPS) is 10.5.